The number of hydrogen-bond donors (Lipinski definition) is 2. The number of anilines is 5. The third kappa shape index (κ3) is 11.0. The molecule has 0 spiro atoms. The molecule has 16 heteroatoms. The number of nitrogens with zero attached hydrogens (tertiary/aromatic N) is 3. The van der Waals surface area contributed by atoms with E-state index in [0.717, 1.165) is 37.4 Å². The SMILES string of the molecule is FC(F)(F)Oc1ccc(Nc2cc(Cl)nc(Cl)c2)cc1.FC(F)(F)Oc1ccc(Nc2cc(Cl)nc(N3CCCC3)c2)cc1. The maximum absolute atomic E-state index is 12.2. The highest BCUT2D eigenvalue weighted by Gasteiger charge is 2.31. The van der Waals surface area contributed by atoms with Crippen LogP contribution >= 0.6 is 34.8 Å². The molecule has 234 valence electrons. The molecule has 5 rings (SSSR count). The summed E-state index contributed by atoms with van der Waals surface area (Å²) in [5.74, 6) is 0.229. The molecule has 44 heavy (non-hydrogen) atoms. The molecule has 1 aliphatic heterocycles. The maximum atomic E-state index is 12.2. The van der Waals surface area contributed by atoms with Crippen molar-refractivity contribution in [2.45, 2.75) is 25.6 Å². The lowest BCUT2D eigenvalue weighted by molar-refractivity contribution is -0.275. The number of rotatable bonds is 7. The molecule has 0 aliphatic carbocycles. The first kappa shape index (κ1) is 33.1. The van der Waals surface area contributed by atoms with Gasteiger partial charge in [0.2, 0.25) is 0 Å². The van der Waals surface area contributed by atoms with Crippen LogP contribution in [0.1, 0.15) is 12.8 Å². The van der Waals surface area contributed by atoms with Crippen molar-refractivity contribution >= 4 is 63.4 Å². The Kier molecular flexibility index (Phi) is 10.8. The van der Waals surface area contributed by atoms with E-state index in [1.54, 1.807) is 6.07 Å². The van der Waals surface area contributed by atoms with E-state index in [4.69, 9.17) is 34.8 Å². The standard InChI is InChI=1S/C16H15ClF3N3O.C12H7Cl2F3N2O/c17-14-9-12(10-15(22-14)23-7-1-2-8-23)21-11-3-5-13(6-4-11)24-16(18,19)20;13-10-5-8(6-11(14)19-10)18-7-1-3-9(4-2-7)20-12(15,16)17/h3-6,9-10H,1-2,7-8H2,(H,21,22);1-6H,(H,18,19). The van der Waals surface area contributed by atoms with Gasteiger partial charge in [0.15, 0.2) is 0 Å². The van der Waals surface area contributed by atoms with Gasteiger partial charge in [-0.25, -0.2) is 9.97 Å². The van der Waals surface area contributed by atoms with Gasteiger partial charge in [-0.3, -0.25) is 0 Å². The van der Waals surface area contributed by atoms with E-state index in [9.17, 15) is 26.3 Å². The predicted molar refractivity (Wildman–Crippen MR) is 158 cm³/mol. The third-order valence-corrected chi connectivity index (χ3v) is 6.31. The minimum atomic E-state index is -4.71. The van der Waals surface area contributed by atoms with Gasteiger partial charge in [-0.1, -0.05) is 34.8 Å². The van der Waals surface area contributed by atoms with Crippen molar-refractivity contribution in [1.82, 2.24) is 9.97 Å². The van der Waals surface area contributed by atoms with Gasteiger partial charge >= 0.3 is 12.7 Å². The van der Waals surface area contributed by atoms with Crippen LogP contribution in [0.4, 0.5) is 54.9 Å². The summed E-state index contributed by atoms with van der Waals surface area (Å²) in [6.45, 7) is 1.88. The van der Waals surface area contributed by atoms with E-state index in [1.807, 2.05) is 6.07 Å². The molecule has 4 aromatic rings. The lowest BCUT2D eigenvalue weighted by atomic mass is 10.3. The molecule has 0 saturated carbocycles. The lowest BCUT2D eigenvalue weighted by Crippen LogP contribution is -2.19. The average molecular weight is 681 g/mol. The van der Waals surface area contributed by atoms with E-state index in [2.05, 4.69) is 35.0 Å². The maximum Gasteiger partial charge on any atom is 0.573 e. The van der Waals surface area contributed by atoms with Gasteiger partial charge in [0.1, 0.15) is 32.8 Å². The molecule has 2 aromatic carbocycles. The highest BCUT2D eigenvalue weighted by Crippen LogP contribution is 2.30. The number of alkyl halides is 6. The van der Waals surface area contributed by atoms with Gasteiger partial charge in [-0.15, -0.1) is 26.3 Å². The molecule has 0 bridgehead atoms. The Bertz CT molecular complexity index is 1520. The number of pyridine rings is 2. The summed E-state index contributed by atoms with van der Waals surface area (Å²) in [7, 11) is 0. The minimum Gasteiger partial charge on any atom is -0.406 e. The van der Waals surface area contributed by atoms with E-state index >= 15 is 0 Å². The summed E-state index contributed by atoms with van der Waals surface area (Å²) in [6, 6.07) is 17.4. The van der Waals surface area contributed by atoms with Gasteiger partial charge in [-0.2, -0.15) is 0 Å². The Balaban J connectivity index is 0.000000204. The van der Waals surface area contributed by atoms with Crippen LogP contribution in [0, 0.1) is 0 Å². The van der Waals surface area contributed by atoms with Crippen LogP contribution in [0.3, 0.4) is 0 Å². The van der Waals surface area contributed by atoms with Gasteiger partial charge in [-0.05, 0) is 79.6 Å². The van der Waals surface area contributed by atoms with Crippen LogP contribution in [0.5, 0.6) is 11.5 Å². The molecule has 0 atom stereocenters. The Morgan fingerprint density at radius 2 is 0.955 bits per heavy atom. The number of benzene rings is 2. The number of ether oxygens (including phenoxy) is 2. The van der Waals surface area contributed by atoms with Crippen molar-refractivity contribution in [1.29, 1.82) is 0 Å². The second-order valence-corrected chi connectivity index (χ2v) is 10.3. The van der Waals surface area contributed by atoms with E-state index < -0.39 is 12.7 Å². The highest BCUT2D eigenvalue weighted by atomic mass is 35.5. The first-order chi connectivity index (χ1) is 20.7. The van der Waals surface area contributed by atoms with Crippen molar-refractivity contribution in [3.8, 4) is 11.5 Å². The zero-order valence-corrected chi connectivity index (χ0v) is 24.6. The van der Waals surface area contributed by atoms with Crippen LogP contribution in [0.2, 0.25) is 15.5 Å². The van der Waals surface area contributed by atoms with Crippen molar-refractivity contribution < 1.29 is 35.8 Å². The predicted octanol–water partition coefficient (Wildman–Crippen LogP) is 10.0. The number of nitrogens with one attached hydrogen (secondary N) is 2. The molecule has 3 heterocycles. The van der Waals surface area contributed by atoms with Crippen molar-refractivity contribution in [2.24, 2.45) is 0 Å². The summed E-state index contributed by atoms with van der Waals surface area (Å²) < 4.78 is 80.1. The van der Waals surface area contributed by atoms with E-state index in [1.165, 1.54) is 60.7 Å². The van der Waals surface area contributed by atoms with Crippen LogP contribution in [-0.2, 0) is 0 Å². The van der Waals surface area contributed by atoms with Crippen LogP contribution in [-0.4, -0.2) is 35.8 Å². The number of hydrogen-bond acceptors (Lipinski definition) is 7. The Morgan fingerprint density at radius 1 is 0.568 bits per heavy atom. The zero-order chi connectivity index (χ0) is 31.9. The van der Waals surface area contributed by atoms with Crippen molar-refractivity contribution in [3.05, 3.63) is 88.3 Å². The lowest BCUT2D eigenvalue weighted by Gasteiger charge is -2.18. The fourth-order valence-corrected chi connectivity index (χ4v) is 4.68. The monoisotopic (exact) mass is 679 g/mol. The van der Waals surface area contributed by atoms with Gasteiger partial charge < -0.3 is 25.0 Å². The molecule has 0 unspecified atom stereocenters. The molecule has 0 amide bonds. The van der Waals surface area contributed by atoms with Gasteiger partial charge in [0, 0.05) is 41.9 Å². The number of aromatic nitrogens is 2. The van der Waals surface area contributed by atoms with E-state index in [-0.39, 0.29) is 21.8 Å². The smallest absolute Gasteiger partial charge is 0.406 e. The Hall–Kier alpha value is -3.81. The fourth-order valence-electron chi connectivity index (χ4n) is 4.01. The molecule has 7 nitrogen and oxygen atoms in total. The normalized spacial score (nSPS) is 13.2. The zero-order valence-electron chi connectivity index (χ0n) is 22.3. The van der Waals surface area contributed by atoms with Gasteiger partial charge in [0.05, 0.1) is 0 Å². The van der Waals surface area contributed by atoms with Gasteiger partial charge in [0.25, 0.3) is 0 Å². The first-order valence-electron chi connectivity index (χ1n) is 12.7. The fraction of sp³-hybridized carbons (Fsp3) is 0.214. The molecular formula is C28H22Cl3F6N5O2. The average Bonchev–Trinajstić information content (AvgIpc) is 3.44. The van der Waals surface area contributed by atoms with Crippen molar-refractivity contribution in [2.75, 3.05) is 28.6 Å². The largest absolute Gasteiger partial charge is 0.573 e. The summed E-state index contributed by atoms with van der Waals surface area (Å²) >= 11 is 17.5. The Labute approximate surface area is 262 Å². The van der Waals surface area contributed by atoms with E-state index in [0.29, 0.717) is 22.2 Å². The molecule has 2 aromatic heterocycles. The first-order valence-corrected chi connectivity index (χ1v) is 13.9. The number of halogens is 9. The topological polar surface area (TPSA) is 71.5 Å². The molecular weight excluding hydrogens is 659 g/mol. The third-order valence-electron chi connectivity index (χ3n) is 5.73. The Morgan fingerprint density at radius 3 is 1.36 bits per heavy atom. The van der Waals surface area contributed by atoms with Crippen LogP contribution < -0.4 is 25.0 Å². The minimum absolute atomic E-state index is 0.206. The molecule has 1 fully saturated rings. The van der Waals surface area contributed by atoms with Crippen molar-refractivity contribution in [3.63, 3.8) is 0 Å². The van der Waals surface area contributed by atoms with Crippen LogP contribution in [0.25, 0.3) is 0 Å². The quantitative estimate of drug-likeness (QED) is 0.149. The molecule has 1 aliphatic rings. The molecule has 2 N–H and O–H groups in total. The highest BCUT2D eigenvalue weighted by molar-refractivity contribution is 6.32. The molecule has 0 radical (unpaired) electrons. The summed E-state index contributed by atoms with van der Waals surface area (Å²) in [5.41, 5.74) is 2.47. The summed E-state index contributed by atoms with van der Waals surface area (Å²) in [6.07, 6.45) is -7.16. The second-order valence-electron chi connectivity index (χ2n) is 9.13. The second kappa shape index (κ2) is 14.3. The summed E-state index contributed by atoms with van der Waals surface area (Å²) in [5, 5.41) is 6.81. The van der Waals surface area contributed by atoms with Crippen LogP contribution in [0.15, 0.2) is 72.8 Å². The molecule has 1 saturated heterocycles. The summed E-state index contributed by atoms with van der Waals surface area (Å²) in [4.78, 5) is 10.2.